The third-order valence-corrected chi connectivity index (χ3v) is 3.05. The molecule has 0 saturated heterocycles. The number of hydrogen-bond acceptors (Lipinski definition) is 4. The molecule has 1 aromatic rings. The van der Waals surface area contributed by atoms with Crippen molar-refractivity contribution in [2.45, 2.75) is 0 Å². The minimum atomic E-state index is -3.67. The summed E-state index contributed by atoms with van der Waals surface area (Å²) in [4.78, 5) is 10.7. The lowest BCUT2D eigenvalue weighted by Gasteiger charge is -2.08. The van der Waals surface area contributed by atoms with Crippen LogP contribution in [0.3, 0.4) is 0 Å². The van der Waals surface area contributed by atoms with Crippen LogP contribution in [0.4, 0.5) is 5.69 Å². The first-order valence-corrected chi connectivity index (χ1v) is 6.18. The van der Waals surface area contributed by atoms with E-state index in [2.05, 4.69) is 11.3 Å². The molecule has 17 heavy (non-hydrogen) atoms. The number of sulfonamides is 1. The monoisotopic (exact) mass is 257 g/mol. The van der Waals surface area contributed by atoms with Crippen molar-refractivity contribution in [2.24, 2.45) is 0 Å². The summed E-state index contributed by atoms with van der Waals surface area (Å²) in [5.41, 5.74) is -0.300. The first kappa shape index (κ1) is 13.0. The van der Waals surface area contributed by atoms with E-state index in [4.69, 9.17) is 5.11 Å². The highest BCUT2D eigenvalue weighted by Gasteiger charge is 2.13. The van der Waals surface area contributed by atoms with Crippen molar-refractivity contribution in [3.8, 4) is 5.75 Å². The van der Waals surface area contributed by atoms with Gasteiger partial charge in [0.05, 0.1) is 17.0 Å². The summed E-state index contributed by atoms with van der Waals surface area (Å²) in [5, 5.41) is 18.1. The number of rotatable bonds is 5. The highest BCUT2D eigenvalue weighted by Crippen LogP contribution is 2.25. The largest absolute Gasteiger partial charge is 0.506 e. The quantitative estimate of drug-likeness (QED) is 0.539. The van der Waals surface area contributed by atoms with Gasteiger partial charge in [-0.1, -0.05) is 6.08 Å². The van der Waals surface area contributed by atoms with Crippen LogP contribution < -0.4 is 4.72 Å². The number of benzene rings is 1. The van der Waals surface area contributed by atoms with Crippen molar-refractivity contribution < 1.29 is 23.4 Å². The average molecular weight is 257 g/mol. The average Bonchev–Trinajstić information content (AvgIpc) is 2.20. The van der Waals surface area contributed by atoms with Crippen LogP contribution in [-0.2, 0) is 10.0 Å². The normalized spacial score (nSPS) is 10.8. The fourth-order valence-corrected chi connectivity index (χ4v) is 2.01. The molecule has 0 atom stereocenters. The topological polar surface area (TPSA) is 104 Å². The first-order chi connectivity index (χ1) is 7.85. The van der Waals surface area contributed by atoms with Crippen LogP contribution >= 0.6 is 0 Å². The maximum absolute atomic E-state index is 11.4. The van der Waals surface area contributed by atoms with Gasteiger partial charge in [0.25, 0.3) is 0 Å². The van der Waals surface area contributed by atoms with E-state index >= 15 is 0 Å². The fraction of sp³-hybridized carbons (Fsp3) is 0.100. The Labute approximate surface area is 98.3 Å². The Morgan fingerprint density at radius 3 is 2.65 bits per heavy atom. The number of hydrogen-bond donors (Lipinski definition) is 3. The Kier molecular flexibility index (Phi) is 3.74. The van der Waals surface area contributed by atoms with Gasteiger partial charge in [-0.05, 0) is 18.2 Å². The predicted octanol–water partition coefficient (Wildman–Crippen LogP) is 1.02. The highest BCUT2D eigenvalue weighted by molar-refractivity contribution is 7.92. The van der Waals surface area contributed by atoms with Crippen LogP contribution in [0.1, 0.15) is 10.4 Å². The molecule has 92 valence electrons. The smallest absolute Gasteiger partial charge is 0.335 e. The van der Waals surface area contributed by atoms with Crippen LogP contribution in [0.2, 0.25) is 0 Å². The third-order valence-electron chi connectivity index (χ3n) is 1.85. The number of carboxylic acids is 1. The molecule has 1 aromatic carbocycles. The number of aromatic carboxylic acids is 1. The number of carbonyl (C=O) groups is 1. The molecule has 0 radical (unpaired) electrons. The summed E-state index contributed by atoms with van der Waals surface area (Å²) >= 11 is 0. The number of carboxylic acid groups (broad SMARTS) is 1. The lowest BCUT2D eigenvalue weighted by molar-refractivity contribution is 0.0697. The summed E-state index contributed by atoms with van der Waals surface area (Å²) in [6.45, 7) is 3.28. The molecule has 0 aromatic heterocycles. The SMILES string of the molecule is C=CCS(=O)(=O)Nc1cc(C(=O)O)ccc1O. The van der Waals surface area contributed by atoms with Gasteiger partial charge >= 0.3 is 5.97 Å². The molecular weight excluding hydrogens is 246 g/mol. The van der Waals surface area contributed by atoms with Gasteiger partial charge in [-0.25, -0.2) is 13.2 Å². The maximum Gasteiger partial charge on any atom is 0.335 e. The third kappa shape index (κ3) is 3.49. The molecule has 6 nitrogen and oxygen atoms in total. The molecule has 0 aliphatic heterocycles. The van der Waals surface area contributed by atoms with Crippen molar-refractivity contribution in [3.63, 3.8) is 0 Å². The first-order valence-electron chi connectivity index (χ1n) is 4.53. The molecule has 1 rings (SSSR count). The van der Waals surface area contributed by atoms with Gasteiger partial charge in [-0.15, -0.1) is 6.58 Å². The molecule has 0 saturated carbocycles. The number of phenols is 1. The van der Waals surface area contributed by atoms with Crippen molar-refractivity contribution in [3.05, 3.63) is 36.4 Å². The molecule has 0 fully saturated rings. The Hall–Kier alpha value is -2.02. The molecule has 7 heteroatoms. The van der Waals surface area contributed by atoms with Gasteiger partial charge in [0.1, 0.15) is 5.75 Å². The summed E-state index contributed by atoms with van der Waals surface area (Å²) in [5.74, 6) is -1.89. The molecule has 0 aliphatic rings. The van der Waals surface area contributed by atoms with Crippen molar-refractivity contribution in [1.29, 1.82) is 0 Å². The Morgan fingerprint density at radius 2 is 2.12 bits per heavy atom. The fourth-order valence-electron chi connectivity index (χ4n) is 1.12. The summed E-state index contributed by atoms with van der Waals surface area (Å²) in [7, 11) is -3.67. The Morgan fingerprint density at radius 1 is 1.47 bits per heavy atom. The zero-order valence-corrected chi connectivity index (χ0v) is 9.57. The van der Waals surface area contributed by atoms with E-state index in [1.807, 2.05) is 0 Å². The van der Waals surface area contributed by atoms with Crippen molar-refractivity contribution in [2.75, 3.05) is 10.5 Å². The maximum atomic E-state index is 11.4. The second kappa shape index (κ2) is 4.88. The minimum absolute atomic E-state index is 0.126. The van der Waals surface area contributed by atoms with E-state index in [1.54, 1.807) is 0 Å². The zero-order valence-electron chi connectivity index (χ0n) is 8.75. The van der Waals surface area contributed by atoms with Gasteiger partial charge in [-0.3, -0.25) is 4.72 Å². The van der Waals surface area contributed by atoms with Gasteiger partial charge in [0.2, 0.25) is 10.0 Å². The molecule has 0 heterocycles. The molecule has 0 bridgehead atoms. The van der Waals surface area contributed by atoms with E-state index in [-0.39, 0.29) is 22.8 Å². The van der Waals surface area contributed by atoms with Crippen molar-refractivity contribution >= 4 is 21.7 Å². The molecule has 0 amide bonds. The lowest BCUT2D eigenvalue weighted by Crippen LogP contribution is -2.15. The van der Waals surface area contributed by atoms with Crippen LogP contribution in [0.15, 0.2) is 30.9 Å². The number of nitrogens with one attached hydrogen (secondary N) is 1. The number of anilines is 1. The Bertz CT molecular complexity index is 550. The van der Waals surface area contributed by atoms with E-state index in [0.29, 0.717) is 0 Å². The van der Waals surface area contributed by atoms with E-state index < -0.39 is 16.0 Å². The van der Waals surface area contributed by atoms with E-state index in [1.165, 1.54) is 12.1 Å². The van der Waals surface area contributed by atoms with E-state index in [0.717, 1.165) is 12.1 Å². The number of aromatic hydroxyl groups is 1. The minimum Gasteiger partial charge on any atom is -0.506 e. The van der Waals surface area contributed by atoms with Gasteiger partial charge in [0, 0.05) is 0 Å². The summed E-state index contributed by atoms with van der Waals surface area (Å²) < 4.78 is 24.9. The van der Waals surface area contributed by atoms with Gasteiger partial charge in [0.15, 0.2) is 0 Å². The van der Waals surface area contributed by atoms with Crippen LogP contribution in [0, 0.1) is 0 Å². The second-order valence-electron chi connectivity index (χ2n) is 3.21. The van der Waals surface area contributed by atoms with Crippen LogP contribution in [0.25, 0.3) is 0 Å². The van der Waals surface area contributed by atoms with Crippen LogP contribution in [-0.4, -0.2) is 30.4 Å². The standard InChI is InChI=1S/C10H11NO5S/c1-2-5-17(15,16)11-8-6-7(10(13)14)3-4-9(8)12/h2-4,6,11-12H,1,5H2,(H,13,14). The van der Waals surface area contributed by atoms with Gasteiger partial charge < -0.3 is 10.2 Å². The molecular formula is C10H11NO5S. The molecule has 0 spiro atoms. The molecule has 0 aliphatic carbocycles. The lowest BCUT2D eigenvalue weighted by atomic mass is 10.2. The van der Waals surface area contributed by atoms with Gasteiger partial charge in [-0.2, -0.15) is 0 Å². The second-order valence-corrected chi connectivity index (χ2v) is 4.98. The summed E-state index contributed by atoms with van der Waals surface area (Å²) in [6, 6.07) is 3.32. The molecule has 3 N–H and O–H groups in total. The predicted molar refractivity (Wildman–Crippen MR) is 62.7 cm³/mol. The van der Waals surface area contributed by atoms with Crippen LogP contribution in [0.5, 0.6) is 5.75 Å². The summed E-state index contributed by atoms with van der Waals surface area (Å²) in [6.07, 6.45) is 1.18. The highest BCUT2D eigenvalue weighted by atomic mass is 32.2. The number of phenolic OH excluding ortho intramolecular Hbond substituents is 1. The molecule has 0 unspecified atom stereocenters. The van der Waals surface area contributed by atoms with Crippen molar-refractivity contribution in [1.82, 2.24) is 0 Å². The Balaban J connectivity index is 3.10. The van der Waals surface area contributed by atoms with E-state index in [9.17, 15) is 18.3 Å². The zero-order chi connectivity index (χ0) is 13.1.